The topological polar surface area (TPSA) is 45.2 Å². The van der Waals surface area contributed by atoms with Crippen LogP contribution in [0.3, 0.4) is 0 Å². The average molecular weight is 322 g/mol. The maximum Gasteiger partial charge on any atom is 0.251 e. The van der Waals surface area contributed by atoms with Crippen LogP contribution in [-0.4, -0.2) is 30.0 Å². The third-order valence-corrected chi connectivity index (χ3v) is 4.67. The fourth-order valence-electron chi connectivity index (χ4n) is 2.49. The number of aromatic nitrogens is 1. The number of carbonyl (C=O) groups is 1. The zero-order valence-corrected chi connectivity index (χ0v) is 13.0. The van der Waals surface area contributed by atoms with E-state index < -0.39 is 0 Å². The molecule has 0 spiro atoms. The molecule has 1 aromatic heterocycles. The maximum atomic E-state index is 12.2. The van der Waals surface area contributed by atoms with Gasteiger partial charge in [0.15, 0.2) is 5.13 Å². The summed E-state index contributed by atoms with van der Waals surface area (Å²) in [6.45, 7) is 1.85. The number of carbonyl (C=O) groups excluding carboxylic acids is 1. The lowest BCUT2D eigenvalue weighted by molar-refractivity contribution is 0.0931. The van der Waals surface area contributed by atoms with Crippen molar-refractivity contribution in [3.8, 4) is 0 Å². The molecule has 110 valence electrons. The highest BCUT2D eigenvalue weighted by atomic mass is 35.5. The number of amides is 1. The lowest BCUT2D eigenvalue weighted by Gasteiger charge is -2.32. The second-order valence-corrected chi connectivity index (χ2v) is 6.37. The normalized spacial score (nSPS) is 16.0. The van der Waals surface area contributed by atoms with Crippen molar-refractivity contribution >= 4 is 34.0 Å². The molecule has 0 unspecified atom stereocenters. The van der Waals surface area contributed by atoms with Crippen LogP contribution in [0.25, 0.3) is 0 Å². The second kappa shape index (κ2) is 6.45. The number of thiazole rings is 1. The summed E-state index contributed by atoms with van der Waals surface area (Å²) in [4.78, 5) is 18.8. The molecule has 1 saturated heterocycles. The van der Waals surface area contributed by atoms with E-state index in [1.807, 2.05) is 11.6 Å². The van der Waals surface area contributed by atoms with Crippen LogP contribution in [0.5, 0.6) is 0 Å². The van der Waals surface area contributed by atoms with Gasteiger partial charge in [-0.05, 0) is 31.0 Å². The SMILES string of the molecule is O=C(NC1CCN(c2nccs2)CC1)c1cccc(Cl)c1. The number of hydrogen-bond donors (Lipinski definition) is 1. The van der Waals surface area contributed by atoms with Crippen LogP contribution >= 0.6 is 22.9 Å². The first-order valence-electron chi connectivity index (χ1n) is 6.93. The predicted octanol–water partition coefficient (Wildman–Crippen LogP) is 3.20. The molecule has 1 amide bonds. The first-order chi connectivity index (χ1) is 10.2. The van der Waals surface area contributed by atoms with Crippen LogP contribution in [0.2, 0.25) is 5.02 Å². The molecule has 0 saturated carbocycles. The Balaban J connectivity index is 1.54. The molecule has 6 heteroatoms. The minimum Gasteiger partial charge on any atom is -0.349 e. The van der Waals surface area contributed by atoms with Gasteiger partial charge in [-0.25, -0.2) is 4.98 Å². The number of rotatable bonds is 3. The lowest BCUT2D eigenvalue weighted by Crippen LogP contribution is -2.44. The molecule has 0 aliphatic carbocycles. The van der Waals surface area contributed by atoms with Gasteiger partial charge in [-0.1, -0.05) is 17.7 Å². The summed E-state index contributed by atoms with van der Waals surface area (Å²) < 4.78 is 0. The van der Waals surface area contributed by atoms with E-state index in [2.05, 4.69) is 15.2 Å². The molecule has 0 radical (unpaired) electrons. The molecular weight excluding hydrogens is 306 g/mol. The number of nitrogens with zero attached hydrogens (tertiary/aromatic N) is 2. The monoisotopic (exact) mass is 321 g/mol. The molecule has 2 aromatic rings. The molecule has 21 heavy (non-hydrogen) atoms. The third-order valence-electron chi connectivity index (χ3n) is 3.61. The van der Waals surface area contributed by atoms with Crippen molar-refractivity contribution in [2.75, 3.05) is 18.0 Å². The Morgan fingerprint density at radius 1 is 1.38 bits per heavy atom. The summed E-state index contributed by atoms with van der Waals surface area (Å²) in [5.74, 6) is -0.0507. The van der Waals surface area contributed by atoms with Gasteiger partial charge in [0.05, 0.1) is 0 Å². The molecule has 1 aliphatic heterocycles. The van der Waals surface area contributed by atoms with Gasteiger partial charge >= 0.3 is 0 Å². The second-order valence-electron chi connectivity index (χ2n) is 5.06. The highest BCUT2D eigenvalue weighted by Crippen LogP contribution is 2.22. The van der Waals surface area contributed by atoms with Crippen LogP contribution in [-0.2, 0) is 0 Å². The van der Waals surface area contributed by atoms with Crippen molar-refractivity contribution in [2.45, 2.75) is 18.9 Å². The molecule has 3 rings (SSSR count). The summed E-state index contributed by atoms with van der Waals surface area (Å²) in [5, 5.41) is 6.72. The molecule has 0 atom stereocenters. The molecule has 1 fully saturated rings. The van der Waals surface area contributed by atoms with Crippen molar-refractivity contribution in [2.24, 2.45) is 0 Å². The summed E-state index contributed by atoms with van der Waals surface area (Å²) in [6, 6.07) is 7.26. The highest BCUT2D eigenvalue weighted by Gasteiger charge is 2.22. The summed E-state index contributed by atoms with van der Waals surface area (Å²) in [7, 11) is 0. The molecular formula is C15H16ClN3OS. The van der Waals surface area contributed by atoms with E-state index in [0.29, 0.717) is 10.6 Å². The standard InChI is InChI=1S/C15H16ClN3OS/c16-12-3-1-2-11(10-12)14(20)18-13-4-7-19(8-5-13)15-17-6-9-21-15/h1-3,6,9-10,13H,4-5,7-8H2,(H,18,20). The number of anilines is 1. The highest BCUT2D eigenvalue weighted by molar-refractivity contribution is 7.13. The van der Waals surface area contributed by atoms with Gasteiger partial charge in [0, 0.05) is 41.3 Å². The van der Waals surface area contributed by atoms with E-state index >= 15 is 0 Å². The molecule has 2 heterocycles. The zero-order valence-electron chi connectivity index (χ0n) is 11.5. The minimum absolute atomic E-state index is 0.0507. The van der Waals surface area contributed by atoms with Gasteiger partial charge in [0.1, 0.15) is 0 Å². The summed E-state index contributed by atoms with van der Waals surface area (Å²) >= 11 is 7.57. The van der Waals surface area contributed by atoms with Gasteiger partial charge in [-0.15, -0.1) is 11.3 Å². The van der Waals surface area contributed by atoms with Gasteiger partial charge in [0.25, 0.3) is 5.91 Å². The van der Waals surface area contributed by atoms with E-state index in [-0.39, 0.29) is 11.9 Å². The number of benzene rings is 1. The van der Waals surface area contributed by atoms with Crippen molar-refractivity contribution in [1.82, 2.24) is 10.3 Å². The fourth-order valence-corrected chi connectivity index (χ4v) is 3.37. The molecule has 0 bridgehead atoms. The Morgan fingerprint density at radius 3 is 2.86 bits per heavy atom. The van der Waals surface area contributed by atoms with E-state index in [4.69, 9.17) is 11.6 Å². The molecule has 4 nitrogen and oxygen atoms in total. The van der Waals surface area contributed by atoms with E-state index in [9.17, 15) is 4.79 Å². The van der Waals surface area contributed by atoms with Crippen LogP contribution in [0, 0.1) is 0 Å². The number of piperidine rings is 1. The average Bonchev–Trinajstić information content (AvgIpc) is 3.02. The fraction of sp³-hybridized carbons (Fsp3) is 0.333. The quantitative estimate of drug-likeness (QED) is 0.944. The number of halogens is 1. The zero-order chi connectivity index (χ0) is 14.7. The Labute approximate surface area is 132 Å². The summed E-state index contributed by atoms with van der Waals surface area (Å²) in [6.07, 6.45) is 3.70. The van der Waals surface area contributed by atoms with Crippen molar-refractivity contribution < 1.29 is 4.79 Å². The number of hydrogen-bond acceptors (Lipinski definition) is 4. The Kier molecular flexibility index (Phi) is 4.41. The van der Waals surface area contributed by atoms with Crippen LogP contribution in [0.15, 0.2) is 35.8 Å². The molecule has 1 aromatic carbocycles. The Bertz CT molecular complexity index is 609. The van der Waals surface area contributed by atoms with Gasteiger partial charge < -0.3 is 10.2 Å². The van der Waals surface area contributed by atoms with Gasteiger partial charge in [0.2, 0.25) is 0 Å². The lowest BCUT2D eigenvalue weighted by atomic mass is 10.0. The van der Waals surface area contributed by atoms with Gasteiger partial charge in [-0.3, -0.25) is 4.79 Å². The largest absolute Gasteiger partial charge is 0.349 e. The molecule has 1 aliphatic rings. The van der Waals surface area contributed by atoms with E-state index in [0.717, 1.165) is 31.1 Å². The van der Waals surface area contributed by atoms with Gasteiger partial charge in [-0.2, -0.15) is 0 Å². The Morgan fingerprint density at radius 2 is 2.19 bits per heavy atom. The third kappa shape index (κ3) is 3.54. The molecule has 1 N–H and O–H groups in total. The minimum atomic E-state index is -0.0507. The maximum absolute atomic E-state index is 12.2. The predicted molar refractivity (Wildman–Crippen MR) is 86.3 cm³/mol. The van der Waals surface area contributed by atoms with Crippen LogP contribution < -0.4 is 10.2 Å². The van der Waals surface area contributed by atoms with Crippen LogP contribution in [0.4, 0.5) is 5.13 Å². The van der Waals surface area contributed by atoms with Crippen molar-refractivity contribution in [3.05, 3.63) is 46.4 Å². The van der Waals surface area contributed by atoms with E-state index in [1.54, 1.807) is 35.6 Å². The first-order valence-corrected chi connectivity index (χ1v) is 8.19. The van der Waals surface area contributed by atoms with Crippen molar-refractivity contribution in [3.63, 3.8) is 0 Å². The first kappa shape index (κ1) is 14.4. The Hall–Kier alpha value is -1.59. The smallest absolute Gasteiger partial charge is 0.251 e. The van der Waals surface area contributed by atoms with Crippen molar-refractivity contribution in [1.29, 1.82) is 0 Å². The van der Waals surface area contributed by atoms with Crippen LogP contribution in [0.1, 0.15) is 23.2 Å². The number of nitrogens with one attached hydrogen (secondary N) is 1. The van der Waals surface area contributed by atoms with E-state index in [1.165, 1.54) is 0 Å². The summed E-state index contributed by atoms with van der Waals surface area (Å²) in [5.41, 5.74) is 0.616.